The second kappa shape index (κ2) is 8.09. The number of amides is 1. The molecule has 1 saturated heterocycles. The van der Waals surface area contributed by atoms with Gasteiger partial charge in [-0.25, -0.2) is 9.48 Å². The highest BCUT2D eigenvalue weighted by Gasteiger charge is 2.29. The summed E-state index contributed by atoms with van der Waals surface area (Å²) in [6, 6.07) is 7.58. The summed E-state index contributed by atoms with van der Waals surface area (Å²) in [5.74, 6) is -0.269. The number of benzene rings is 1. The van der Waals surface area contributed by atoms with Crippen LogP contribution < -0.4 is 15.8 Å². The van der Waals surface area contributed by atoms with Crippen LogP contribution in [-0.4, -0.2) is 52.1 Å². The lowest BCUT2D eigenvalue weighted by Gasteiger charge is -2.32. The lowest BCUT2D eigenvalue weighted by atomic mass is 10.1. The molecule has 9 heteroatoms. The second-order valence-electron chi connectivity index (χ2n) is 6.39. The number of aromatic nitrogens is 2. The monoisotopic (exact) mass is 374 g/mol. The van der Waals surface area contributed by atoms with Gasteiger partial charge in [0.15, 0.2) is 0 Å². The predicted octanol–water partition coefficient (Wildman–Crippen LogP) is 0.825. The summed E-state index contributed by atoms with van der Waals surface area (Å²) in [6.45, 7) is 2.68. The summed E-state index contributed by atoms with van der Waals surface area (Å²) in [5.41, 5.74) is 6.75. The van der Waals surface area contributed by atoms with Gasteiger partial charge in [-0.1, -0.05) is 0 Å². The van der Waals surface area contributed by atoms with E-state index in [2.05, 4.69) is 10.4 Å². The van der Waals surface area contributed by atoms with Crippen LogP contribution in [0.5, 0.6) is 5.75 Å². The fourth-order valence-electron chi connectivity index (χ4n) is 2.92. The van der Waals surface area contributed by atoms with Gasteiger partial charge in [-0.15, -0.1) is 0 Å². The number of aryl methyl sites for hydroxylation is 1. The van der Waals surface area contributed by atoms with Crippen molar-refractivity contribution in [1.82, 2.24) is 15.1 Å². The maximum atomic E-state index is 12.4. The Kier molecular flexibility index (Phi) is 5.60. The van der Waals surface area contributed by atoms with Gasteiger partial charge in [0.05, 0.1) is 23.9 Å². The van der Waals surface area contributed by atoms with Crippen molar-refractivity contribution in [2.45, 2.75) is 32.0 Å². The lowest BCUT2D eigenvalue weighted by molar-refractivity contribution is -0.124. The summed E-state index contributed by atoms with van der Waals surface area (Å²) < 4.78 is 12.8. The van der Waals surface area contributed by atoms with E-state index in [0.717, 1.165) is 5.69 Å². The van der Waals surface area contributed by atoms with E-state index < -0.39 is 5.97 Å². The van der Waals surface area contributed by atoms with Crippen LogP contribution in [0.2, 0.25) is 0 Å². The second-order valence-corrected chi connectivity index (χ2v) is 6.39. The van der Waals surface area contributed by atoms with Crippen molar-refractivity contribution in [3.05, 3.63) is 41.6 Å². The molecule has 0 saturated carbocycles. The lowest BCUT2D eigenvalue weighted by Crippen LogP contribution is -2.52. The maximum absolute atomic E-state index is 12.4. The molecular weight excluding hydrogens is 352 g/mol. The normalized spacial score (nSPS) is 19.4. The Morgan fingerprint density at radius 1 is 1.41 bits per heavy atom. The summed E-state index contributed by atoms with van der Waals surface area (Å²) in [7, 11) is 0. The third kappa shape index (κ3) is 4.76. The highest BCUT2D eigenvalue weighted by molar-refractivity contribution is 5.87. The number of ether oxygens (including phenoxy) is 2. The molecule has 0 spiro atoms. The van der Waals surface area contributed by atoms with Crippen LogP contribution in [0, 0.1) is 6.92 Å². The Bertz CT molecular complexity index is 818. The quantitative estimate of drug-likeness (QED) is 0.683. The van der Waals surface area contributed by atoms with Gasteiger partial charge in [0.1, 0.15) is 24.2 Å². The summed E-state index contributed by atoms with van der Waals surface area (Å²) in [6.07, 6.45) is 0.229. The third-order valence-corrected chi connectivity index (χ3v) is 4.27. The fraction of sp³-hybridized carbons (Fsp3) is 0.389. The van der Waals surface area contributed by atoms with Gasteiger partial charge in [0.2, 0.25) is 5.91 Å². The van der Waals surface area contributed by atoms with E-state index in [0.29, 0.717) is 31.2 Å². The zero-order chi connectivity index (χ0) is 19.4. The summed E-state index contributed by atoms with van der Waals surface area (Å²) in [4.78, 5) is 23.3. The summed E-state index contributed by atoms with van der Waals surface area (Å²) in [5, 5.41) is 16.1. The SMILES string of the molecule is Cc1cc(N)n(CC(=O)N[C@@H]2CCOC[C@H]2Oc2ccc(C(=O)O)cc2)n1. The van der Waals surface area contributed by atoms with Crippen LogP contribution >= 0.6 is 0 Å². The molecule has 27 heavy (non-hydrogen) atoms. The number of rotatable bonds is 6. The number of hydrogen-bond acceptors (Lipinski definition) is 6. The van der Waals surface area contributed by atoms with E-state index in [4.69, 9.17) is 20.3 Å². The number of hydrogen-bond donors (Lipinski definition) is 3. The van der Waals surface area contributed by atoms with Gasteiger partial charge in [-0.05, 0) is 37.6 Å². The Morgan fingerprint density at radius 2 is 2.15 bits per heavy atom. The minimum absolute atomic E-state index is 0.0249. The van der Waals surface area contributed by atoms with Crippen LogP contribution in [0.3, 0.4) is 0 Å². The number of carboxylic acids is 1. The number of nitrogens with two attached hydrogens (primary N) is 1. The molecule has 2 heterocycles. The van der Waals surface area contributed by atoms with Crippen LogP contribution in [-0.2, 0) is 16.1 Å². The first kappa shape index (κ1) is 18.7. The number of aromatic carboxylic acids is 1. The summed E-state index contributed by atoms with van der Waals surface area (Å²) >= 11 is 0. The molecule has 0 bridgehead atoms. The van der Waals surface area contributed by atoms with Crippen LogP contribution in [0.25, 0.3) is 0 Å². The van der Waals surface area contributed by atoms with E-state index in [1.807, 2.05) is 6.92 Å². The number of carboxylic acid groups (broad SMARTS) is 1. The zero-order valence-corrected chi connectivity index (χ0v) is 14.9. The average molecular weight is 374 g/mol. The molecule has 1 aliphatic rings. The molecule has 1 aliphatic heterocycles. The molecule has 2 atom stereocenters. The van der Waals surface area contributed by atoms with Crippen molar-refractivity contribution in [2.75, 3.05) is 18.9 Å². The van der Waals surface area contributed by atoms with Gasteiger partial charge < -0.3 is 25.6 Å². The van der Waals surface area contributed by atoms with E-state index in [1.165, 1.54) is 16.8 Å². The molecule has 9 nitrogen and oxygen atoms in total. The Morgan fingerprint density at radius 3 is 2.78 bits per heavy atom. The molecular formula is C18H22N4O5. The smallest absolute Gasteiger partial charge is 0.335 e. The molecule has 1 aromatic heterocycles. The van der Waals surface area contributed by atoms with Crippen molar-refractivity contribution in [3.8, 4) is 5.75 Å². The number of nitrogen functional groups attached to an aromatic ring is 1. The zero-order valence-electron chi connectivity index (χ0n) is 14.9. The largest absolute Gasteiger partial charge is 0.486 e. The highest BCUT2D eigenvalue weighted by atomic mass is 16.5. The molecule has 1 fully saturated rings. The first-order valence-corrected chi connectivity index (χ1v) is 8.59. The Labute approximate surface area is 156 Å². The van der Waals surface area contributed by atoms with Gasteiger partial charge in [-0.2, -0.15) is 5.10 Å². The third-order valence-electron chi connectivity index (χ3n) is 4.27. The van der Waals surface area contributed by atoms with Gasteiger partial charge >= 0.3 is 5.97 Å². The molecule has 2 aromatic rings. The van der Waals surface area contributed by atoms with Crippen molar-refractivity contribution in [3.63, 3.8) is 0 Å². The number of nitrogens with one attached hydrogen (secondary N) is 1. The van der Waals surface area contributed by atoms with Crippen LogP contribution in [0.15, 0.2) is 30.3 Å². The number of nitrogens with zero attached hydrogens (tertiary/aromatic N) is 2. The Hall–Kier alpha value is -3.07. The van der Waals surface area contributed by atoms with Crippen molar-refractivity contribution >= 4 is 17.7 Å². The van der Waals surface area contributed by atoms with Crippen molar-refractivity contribution in [1.29, 1.82) is 0 Å². The molecule has 1 amide bonds. The van der Waals surface area contributed by atoms with Gasteiger partial charge in [-0.3, -0.25) is 4.79 Å². The fourth-order valence-corrected chi connectivity index (χ4v) is 2.92. The standard InChI is InChI=1S/C18H22N4O5/c1-11-8-16(19)22(21-11)9-17(23)20-14-6-7-26-10-15(14)27-13-4-2-12(3-5-13)18(24)25/h2-5,8,14-15H,6-7,9-10,19H2,1H3,(H,20,23)(H,24,25)/t14-,15-/m1/s1. The molecule has 0 unspecified atom stereocenters. The number of carbonyl (C=O) groups excluding carboxylic acids is 1. The molecule has 144 valence electrons. The van der Waals surface area contributed by atoms with Crippen LogP contribution in [0.1, 0.15) is 22.5 Å². The van der Waals surface area contributed by atoms with E-state index in [-0.39, 0.29) is 30.2 Å². The number of anilines is 1. The molecule has 1 aromatic carbocycles. The van der Waals surface area contributed by atoms with E-state index in [1.54, 1.807) is 18.2 Å². The minimum atomic E-state index is -0.999. The Balaban J connectivity index is 1.61. The first-order chi connectivity index (χ1) is 12.9. The van der Waals surface area contributed by atoms with Gasteiger partial charge in [0, 0.05) is 12.7 Å². The predicted molar refractivity (Wildman–Crippen MR) is 96.6 cm³/mol. The molecule has 3 rings (SSSR count). The average Bonchev–Trinajstić information content (AvgIpc) is 2.94. The number of carbonyl (C=O) groups is 2. The van der Waals surface area contributed by atoms with Crippen molar-refractivity contribution in [2.24, 2.45) is 0 Å². The molecule has 0 radical (unpaired) electrons. The van der Waals surface area contributed by atoms with E-state index in [9.17, 15) is 9.59 Å². The van der Waals surface area contributed by atoms with E-state index >= 15 is 0 Å². The van der Waals surface area contributed by atoms with Crippen LogP contribution in [0.4, 0.5) is 5.82 Å². The maximum Gasteiger partial charge on any atom is 0.335 e. The highest BCUT2D eigenvalue weighted by Crippen LogP contribution is 2.19. The first-order valence-electron chi connectivity index (χ1n) is 8.59. The minimum Gasteiger partial charge on any atom is -0.486 e. The van der Waals surface area contributed by atoms with Gasteiger partial charge in [0.25, 0.3) is 0 Å². The molecule has 4 N–H and O–H groups in total. The van der Waals surface area contributed by atoms with Crippen molar-refractivity contribution < 1.29 is 24.2 Å². The topological polar surface area (TPSA) is 129 Å². The molecule has 0 aliphatic carbocycles.